The Kier molecular flexibility index (Phi) is 6.79. The van der Waals surface area contributed by atoms with Crippen molar-refractivity contribution in [3.63, 3.8) is 0 Å². The van der Waals surface area contributed by atoms with Gasteiger partial charge in [-0.1, -0.05) is 30.3 Å². The van der Waals surface area contributed by atoms with Crippen LogP contribution in [0.3, 0.4) is 0 Å². The molecule has 0 bridgehead atoms. The summed E-state index contributed by atoms with van der Waals surface area (Å²) in [6, 6.07) is 9.39. The lowest BCUT2D eigenvalue weighted by atomic mass is 9.84. The zero-order valence-corrected chi connectivity index (χ0v) is 20.3. The average Bonchev–Trinajstić information content (AvgIpc) is 3.20. The van der Waals surface area contributed by atoms with E-state index in [1.54, 1.807) is 12.0 Å². The van der Waals surface area contributed by atoms with Gasteiger partial charge in [0.15, 0.2) is 0 Å². The van der Waals surface area contributed by atoms with Crippen molar-refractivity contribution < 1.29 is 33.4 Å². The fourth-order valence-corrected chi connectivity index (χ4v) is 4.59. The van der Waals surface area contributed by atoms with E-state index in [9.17, 15) is 9.59 Å². The fourth-order valence-electron chi connectivity index (χ4n) is 4.59. The van der Waals surface area contributed by atoms with E-state index in [0.29, 0.717) is 24.5 Å². The number of hydrogen-bond acceptors (Lipinski definition) is 11. The SMILES string of the molecule is COC(=O)CC1CN(Cc2ccccc2)c2nc(OC)nc(OC)c2C2(C)C(C(=O)OC)=CON12. The number of hydrogen-bond donors (Lipinski definition) is 0. The first kappa shape index (κ1) is 24.3. The molecule has 186 valence electrons. The molecule has 2 unspecified atom stereocenters. The van der Waals surface area contributed by atoms with Gasteiger partial charge in [0.25, 0.3) is 0 Å². The van der Waals surface area contributed by atoms with E-state index in [1.165, 1.54) is 34.7 Å². The van der Waals surface area contributed by atoms with E-state index in [4.69, 9.17) is 23.8 Å². The van der Waals surface area contributed by atoms with Crippen LogP contribution in [0.5, 0.6) is 11.9 Å². The Hall–Kier alpha value is -3.86. The Morgan fingerprint density at radius 2 is 1.83 bits per heavy atom. The maximum atomic E-state index is 12.9. The second-order valence-corrected chi connectivity index (χ2v) is 8.24. The number of rotatable bonds is 7. The van der Waals surface area contributed by atoms with Gasteiger partial charge in [-0.15, -0.1) is 5.06 Å². The first-order valence-corrected chi connectivity index (χ1v) is 11.0. The Labute approximate surface area is 203 Å². The van der Waals surface area contributed by atoms with Gasteiger partial charge in [-0.3, -0.25) is 4.79 Å². The fraction of sp³-hybridized carbons (Fsp3) is 0.417. The number of nitrogens with zero attached hydrogens (tertiary/aromatic N) is 4. The first-order valence-electron chi connectivity index (χ1n) is 11.0. The third kappa shape index (κ3) is 4.23. The van der Waals surface area contributed by atoms with Crippen molar-refractivity contribution in [2.24, 2.45) is 0 Å². The molecule has 2 atom stereocenters. The molecule has 0 aliphatic carbocycles. The van der Waals surface area contributed by atoms with Gasteiger partial charge in [0, 0.05) is 13.1 Å². The summed E-state index contributed by atoms with van der Waals surface area (Å²) < 4.78 is 21.0. The summed E-state index contributed by atoms with van der Waals surface area (Å²) in [4.78, 5) is 42.3. The van der Waals surface area contributed by atoms with Gasteiger partial charge >= 0.3 is 17.9 Å². The number of esters is 2. The molecule has 2 aromatic rings. The van der Waals surface area contributed by atoms with Crippen molar-refractivity contribution in [1.82, 2.24) is 15.0 Å². The number of carbonyl (C=O) groups excluding carboxylic acids is 2. The maximum Gasteiger partial charge on any atom is 0.339 e. The first-order chi connectivity index (χ1) is 16.9. The lowest BCUT2D eigenvalue weighted by Crippen LogP contribution is -2.50. The quantitative estimate of drug-likeness (QED) is 0.538. The Morgan fingerprint density at radius 3 is 2.46 bits per heavy atom. The van der Waals surface area contributed by atoms with Crippen LogP contribution in [0.4, 0.5) is 5.82 Å². The summed E-state index contributed by atoms with van der Waals surface area (Å²) in [6.07, 6.45) is 1.33. The van der Waals surface area contributed by atoms with E-state index < -0.39 is 23.5 Å². The van der Waals surface area contributed by atoms with E-state index in [-0.39, 0.29) is 23.9 Å². The van der Waals surface area contributed by atoms with Crippen LogP contribution in [0, 0.1) is 0 Å². The Bertz CT molecular complexity index is 1140. The molecule has 0 amide bonds. The standard InChI is InChI=1S/C24H28N4O7/c1-24-17(22(30)33-4)14-35-28(24)16(11-18(29)31-2)13-27(12-15-9-7-6-8-10-15)20-19(24)21(32-3)26-23(25-20)34-5/h6-10,14,16H,11-13H2,1-5H3. The summed E-state index contributed by atoms with van der Waals surface area (Å²) in [5, 5.41) is 1.60. The molecular weight excluding hydrogens is 456 g/mol. The topological polar surface area (TPSA) is 113 Å². The van der Waals surface area contributed by atoms with Crippen molar-refractivity contribution in [2.75, 3.05) is 39.9 Å². The highest BCUT2D eigenvalue weighted by atomic mass is 16.7. The van der Waals surface area contributed by atoms with Crippen molar-refractivity contribution in [3.05, 3.63) is 53.3 Å². The van der Waals surface area contributed by atoms with Gasteiger partial charge in [-0.2, -0.15) is 9.97 Å². The number of anilines is 1. The monoisotopic (exact) mass is 484 g/mol. The predicted molar refractivity (Wildman–Crippen MR) is 123 cm³/mol. The van der Waals surface area contributed by atoms with Crippen LogP contribution in [0.15, 0.2) is 42.2 Å². The molecule has 0 N–H and O–H groups in total. The van der Waals surface area contributed by atoms with Gasteiger partial charge in [0.2, 0.25) is 5.88 Å². The highest BCUT2D eigenvalue weighted by Crippen LogP contribution is 2.51. The van der Waals surface area contributed by atoms with Crippen molar-refractivity contribution in [3.8, 4) is 11.9 Å². The van der Waals surface area contributed by atoms with Crippen LogP contribution in [0.25, 0.3) is 0 Å². The molecule has 11 nitrogen and oxygen atoms in total. The second-order valence-electron chi connectivity index (χ2n) is 8.24. The molecule has 0 saturated carbocycles. The molecule has 1 aromatic carbocycles. The van der Waals surface area contributed by atoms with Crippen molar-refractivity contribution in [2.45, 2.75) is 31.5 Å². The molecule has 1 aromatic heterocycles. The predicted octanol–water partition coefficient (Wildman–Crippen LogP) is 1.96. The lowest BCUT2D eigenvalue weighted by molar-refractivity contribution is -0.179. The van der Waals surface area contributed by atoms with Gasteiger partial charge in [-0.25, -0.2) is 4.79 Å². The smallest absolute Gasteiger partial charge is 0.339 e. The molecule has 11 heteroatoms. The Morgan fingerprint density at radius 1 is 1.09 bits per heavy atom. The molecule has 0 radical (unpaired) electrons. The van der Waals surface area contributed by atoms with Crippen molar-refractivity contribution in [1.29, 1.82) is 0 Å². The minimum absolute atomic E-state index is 0.000536. The number of benzene rings is 1. The molecule has 0 fully saturated rings. The number of fused-ring (bicyclic) bond motifs is 3. The minimum Gasteiger partial charge on any atom is -0.481 e. The summed E-state index contributed by atoms with van der Waals surface area (Å²) in [7, 11) is 5.57. The number of hydroxylamine groups is 2. The molecule has 4 rings (SSSR count). The van der Waals surface area contributed by atoms with Crippen LogP contribution in [-0.2, 0) is 36.0 Å². The highest BCUT2D eigenvalue weighted by Gasteiger charge is 2.56. The van der Waals surface area contributed by atoms with Crippen LogP contribution in [0.1, 0.15) is 24.5 Å². The molecule has 2 aliphatic rings. The highest BCUT2D eigenvalue weighted by molar-refractivity contribution is 5.92. The Balaban J connectivity index is 1.96. The van der Waals surface area contributed by atoms with Crippen LogP contribution in [0.2, 0.25) is 0 Å². The van der Waals surface area contributed by atoms with Crippen LogP contribution in [-0.4, -0.2) is 68.0 Å². The summed E-state index contributed by atoms with van der Waals surface area (Å²) >= 11 is 0. The molecular formula is C24H28N4O7. The van der Waals surface area contributed by atoms with E-state index in [2.05, 4.69) is 9.97 Å². The second kappa shape index (κ2) is 9.79. The minimum atomic E-state index is -1.25. The van der Waals surface area contributed by atoms with E-state index >= 15 is 0 Å². The van der Waals surface area contributed by atoms with E-state index in [1.807, 2.05) is 35.2 Å². The lowest BCUT2D eigenvalue weighted by Gasteiger charge is -2.37. The maximum absolute atomic E-state index is 12.9. The molecule has 3 heterocycles. The van der Waals surface area contributed by atoms with Gasteiger partial charge in [0.1, 0.15) is 23.2 Å². The zero-order valence-electron chi connectivity index (χ0n) is 20.3. The van der Waals surface area contributed by atoms with Gasteiger partial charge < -0.3 is 28.7 Å². The molecule has 0 spiro atoms. The van der Waals surface area contributed by atoms with Gasteiger partial charge in [-0.05, 0) is 12.5 Å². The summed E-state index contributed by atoms with van der Waals surface area (Å²) in [5.41, 5.74) is 0.469. The number of carbonyl (C=O) groups is 2. The van der Waals surface area contributed by atoms with E-state index in [0.717, 1.165) is 5.56 Å². The number of methoxy groups -OCH3 is 4. The molecule has 0 saturated heterocycles. The normalized spacial score (nSPS) is 21.1. The van der Waals surface area contributed by atoms with Gasteiger partial charge in [0.05, 0.1) is 46.5 Å². The summed E-state index contributed by atoms with van der Waals surface area (Å²) in [5.74, 6) is -0.324. The average molecular weight is 485 g/mol. The van der Waals surface area contributed by atoms with Crippen LogP contribution >= 0.6 is 0 Å². The number of ether oxygens (including phenoxy) is 4. The summed E-state index contributed by atoms with van der Waals surface area (Å²) in [6.45, 7) is 2.56. The molecule has 2 aliphatic heterocycles. The third-order valence-electron chi connectivity index (χ3n) is 6.26. The number of aromatic nitrogens is 2. The van der Waals surface area contributed by atoms with Crippen LogP contribution < -0.4 is 14.4 Å². The zero-order chi connectivity index (χ0) is 25.2. The largest absolute Gasteiger partial charge is 0.481 e. The van der Waals surface area contributed by atoms with Crippen molar-refractivity contribution >= 4 is 17.8 Å². The molecule has 35 heavy (non-hydrogen) atoms. The third-order valence-corrected chi connectivity index (χ3v) is 6.26.